The number of ether oxygens (including phenoxy) is 4. The summed E-state index contributed by atoms with van der Waals surface area (Å²) in [6.45, 7) is 18.6. The van der Waals surface area contributed by atoms with Gasteiger partial charge in [-0.2, -0.15) is 0 Å². The fraction of sp³-hybridized carbons (Fsp3) is 0.587. The first-order valence-corrected chi connectivity index (χ1v) is 21.3. The number of likely N-dealkylation sites (tertiary alicyclic amines) is 1. The lowest BCUT2D eigenvalue weighted by atomic mass is 9.77. The van der Waals surface area contributed by atoms with Gasteiger partial charge in [0.1, 0.15) is 34.2 Å². The molecule has 0 saturated carbocycles. The number of esters is 1. The molecule has 4 bridgehead atoms. The van der Waals surface area contributed by atoms with Crippen LogP contribution in [0.5, 0.6) is 17.2 Å². The van der Waals surface area contributed by atoms with E-state index in [9.17, 15) is 39.9 Å². The Labute approximate surface area is 361 Å². The van der Waals surface area contributed by atoms with Crippen molar-refractivity contribution in [3.63, 3.8) is 0 Å². The third-order valence-corrected chi connectivity index (χ3v) is 12.9. The number of allylic oxidation sites excluding steroid dienone is 2. The molecule has 16 heteroatoms. The molecule has 9 atom stereocenters. The van der Waals surface area contributed by atoms with Gasteiger partial charge in [-0.3, -0.25) is 24.4 Å². The highest BCUT2D eigenvalue weighted by Gasteiger charge is 2.50. The Bertz CT molecular complexity index is 2350. The number of methoxy groups -OCH3 is 1. The van der Waals surface area contributed by atoms with Gasteiger partial charge < -0.3 is 54.7 Å². The minimum absolute atomic E-state index is 0.0114. The van der Waals surface area contributed by atoms with Crippen LogP contribution >= 0.6 is 0 Å². The summed E-state index contributed by atoms with van der Waals surface area (Å²) in [6.07, 6.45) is 3.26. The number of nitrogens with zero attached hydrogens (tertiary/aromatic N) is 3. The molecule has 6 N–H and O–H groups in total. The Hall–Kier alpha value is -4.87. The molecular formula is C46H62N4O12. The standard InChI is InChI=1S/C46H62N4O12/c1-22(2)21-50-18-16-46(17-19-50)48-33-30-31-37(53)26(6)40-32(30)42(56)45(10,62-40)60-20-14-29(59-11)24(4)39(61-28(8)51)25(5)36(52)27(7)41(55)44(9,58)15-12-13-23(3)43(57)47-35(38(31)54)34(33)49-46/h12-15,20,22,24-25,27,29,36,39,41,52-55,58H,16-19,21H2,1-11H3,(H,47,57)/b15-12-,20-14?,23-13-/t24-,25-,27+,29+,36+,39-,41-,44-,45+/m1/s1. The van der Waals surface area contributed by atoms with Crippen LogP contribution in [0.1, 0.15) is 91.1 Å². The van der Waals surface area contributed by atoms with Gasteiger partial charge in [0, 0.05) is 87.7 Å². The van der Waals surface area contributed by atoms with Crippen LogP contribution < -0.4 is 20.8 Å². The van der Waals surface area contributed by atoms with E-state index in [-0.39, 0.29) is 49.6 Å². The minimum Gasteiger partial charge on any atom is -0.507 e. The maximum absolute atomic E-state index is 14.7. The van der Waals surface area contributed by atoms with Crippen LogP contribution in [0.3, 0.4) is 0 Å². The summed E-state index contributed by atoms with van der Waals surface area (Å²) >= 11 is 0. The van der Waals surface area contributed by atoms with E-state index in [0.29, 0.717) is 31.8 Å². The number of aromatic hydroxyl groups is 2. The summed E-state index contributed by atoms with van der Waals surface area (Å²) in [5.41, 5.74) is -2.73. The molecule has 1 fully saturated rings. The Morgan fingerprint density at radius 1 is 1.00 bits per heavy atom. The second-order valence-corrected chi connectivity index (χ2v) is 18.2. The first-order valence-electron chi connectivity index (χ1n) is 21.3. The highest BCUT2D eigenvalue weighted by molar-refractivity contribution is 6.19. The molecule has 16 nitrogen and oxygen atoms in total. The summed E-state index contributed by atoms with van der Waals surface area (Å²) < 4.78 is 23.9. The first kappa shape index (κ1) is 46.6. The summed E-state index contributed by atoms with van der Waals surface area (Å²) in [7, 11) is 1.44. The number of carbonyl (C=O) groups excluding carboxylic acids is 3. The lowest BCUT2D eigenvalue weighted by molar-refractivity contribution is -0.162. The predicted octanol–water partition coefficient (Wildman–Crippen LogP) is 3.86. The van der Waals surface area contributed by atoms with Crippen LogP contribution in [0.15, 0.2) is 46.1 Å². The van der Waals surface area contributed by atoms with Crippen molar-refractivity contribution in [3.8, 4) is 17.2 Å². The van der Waals surface area contributed by atoms with Crippen molar-refractivity contribution in [2.24, 2.45) is 33.7 Å². The maximum atomic E-state index is 14.7. The molecule has 1 amide bonds. The van der Waals surface area contributed by atoms with Crippen molar-refractivity contribution in [2.45, 2.75) is 124 Å². The quantitative estimate of drug-likeness (QED) is 0.190. The van der Waals surface area contributed by atoms with Crippen LogP contribution in [0.4, 0.5) is 5.69 Å². The Kier molecular flexibility index (Phi) is 13.1. The monoisotopic (exact) mass is 862 g/mol. The van der Waals surface area contributed by atoms with E-state index in [1.807, 2.05) is 0 Å². The summed E-state index contributed by atoms with van der Waals surface area (Å²) in [5.74, 6) is -6.75. The number of ketones is 1. The molecule has 1 saturated heterocycles. The van der Waals surface area contributed by atoms with E-state index in [1.165, 1.54) is 72.3 Å². The van der Waals surface area contributed by atoms with E-state index in [1.54, 1.807) is 20.8 Å². The number of benzene rings is 2. The van der Waals surface area contributed by atoms with Crippen LogP contribution in [0.2, 0.25) is 0 Å². The second-order valence-electron chi connectivity index (χ2n) is 18.2. The SMILES string of the molecule is CO[C@H]1C=CO[C@@]2(C)Oc3c(C)c(O)c4c(O)c(c5c(c4c3C2=O)=NC2(CCN(CC(C)C)CC2)N=5)NC(=O)/C(C)=C\C=C/[C@@](C)(O)[C@H](O)[C@@H](C)[C@@H](O)[C@@H](C)[C@H](OC(C)=O)[C@@H]1C. The molecule has 6 rings (SSSR count). The number of carbonyl (C=O) groups is 3. The summed E-state index contributed by atoms with van der Waals surface area (Å²) in [4.78, 5) is 53.6. The molecule has 1 spiro atoms. The fourth-order valence-corrected chi connectivity index (χ4v) is 9.23. The fourth-order valence-electron chi connectivity index (χ4n) is 9.23. The third-order valence-electron chi connectivity index (χ3n) is 12.9. The number of anilines is 1. The minimum atomic E-state index is -1.98. The van der Waals surface area contributed by atoms with Crippen molar-refractivity contribution in [1.82, 2.24) is 4.90 Å². The lowest BCUT2D eigenvalue weighted by Crippen LogP contribution is -2.50. The Balaban J connectivity index is 1.55. The smallest absolute Gasteiger partial charge is 0.312 e. The highest BCUT2D eigenvalue weighted by atomic mass is 16.7. The Morgan fingerprint density at radius 2 is 1.65 bits per heavy atom. The zero-order valence-electron chi connectivity index (χ0n) is 37.5. The van der Waals surface area contributed by atoms with Crippen molar-refractivity contribution < 1.29 is 58.9 Å². The van der Waals surface area contributed by atoms with Crippen LogP contribution in [0, 0.1) is 30.6 Å². The van der Waals surface area contributed by atoms with Gasteiger partial charge in [0.2, 0.25) is 0 Å². The van der Waals surface area contributed by atoms with Gasteiger partial charge >= 0.3 is 11.8 Å². The average molecular weight is 863 g/mol. The number of piperidine rings is 1. The van der Waals surface area contributed by atoms with Crippen molar-refractivity contribution in [3.05, 3.63) is 58.0 Å². The number of aliphatic hydroxyl groups excluding tert-OH is 2. The number of amides is 1. The Morgan fingerprint density at radius 3 is 2.26 bits per heavy atom. The molecular weight excluding hydrogens is 801 g/mol. The van der Waals surface area contributed by atoms with Gasteiger partial charge in [0.15, 0.2) is 11.4 Å². The summed E-state index contributed by atoms with van der Waals surface area (Å²) in [6, 6.07) is 0. The van der Waals surface area contributed by atoms with E-state index >= 15 is 0 Å². The molecule has 62 heavy (non-hydrogen) atoms. The molecule has 2 aromatic rings. The van der Waals surface area contributed by atoms with E-state index in [2.05, 4.69) is 24.1 Å². The van der Waals surface area contributed by atoms with Crippen LogP contribution in [-0.2, 0) is 23.8 Å². The van der Waals surface area contributed by atoms with Gasteiger partial charge in [0.25, 0.3) is 11.7 Å². The van der Waals surface area contributed by atoms with E-state index < -0.39 is 88.4 Å². The van der Waals surface area contributed by atoms with E-state index in [0.717, 1.165) is 6.54 Å². The third kappa shape index (κ3) is 8.47. The molecule has 0 aliphatic carbocycles. The predicted molar refractivity (Wildman–Crippen MR) is 229 cm³/mol. The molecule has 4 heterocycles. The topological polar surface area (TPSA) is 229 Å². The zero-order valence-corrected chi connectivity index (χ0v) is 37.5. The molecule has 2 aromatic carbocycles. The largest absolute Gasteiger partial charge is 0.507 e. The average Bonchev–Trinajstić information content (AvgIpc) is 3.71. The van der Waals surface area contributed by atoms with Crippen LogP contribution in [0.25, 0.3) is 10.8 Å². The molecule has 338 valence electrons. The van der Waals surface area contributed by atoms with Crippen molar-refractivity contribution >= 4 is 34.1 Å². The number of phenolic OH excluding ortho intramolecular Hbond substituents is 2. The second kappa shape index (κ2) is 17.4. The maximum Gasteiger partial charge on any atom is 0.312 e. The number of nitrogens with one attached hydrogen (secondary N) is 1. The van der Waals surface area contributed by atoms with Gasteiger partial charge in [-0.15, -0.1) is 0 Å². The number of rotatable bonds is 4. The number of hydrogen-bond acceptors (Lipinski definition) is 15. The zero-order chi connectivity index (χ0) is 45.8. The normalized spacial score (nSPS) is 33.0. The molecule has 0 radical (unpaired) electrons. The van der Waals surface area contributed by atoms with Gasteiger partial charge in [-0.05, 0) is 32.8 Å². The molecule has 0 aromatic heterocycles. The molecule has 4 aliphatic heterocycles. The van der Waals surface area contributed by atoms with Crippen molar-refractivity contribution in [1.29, 1.82) is 0 Å². The number of aliphatic hydroxyl groups is 3. The van der Waals surface area contributed by atoms with Gasteiger partial charge in [0.05, 0.1) is 40.9 Å². The number of phenols is 2. The van der Waals surface area contributed by atoms with Gasteiger partial charge in [-0.1, -0.05) is 52.8 Å². The number of hydrogen-bond donors (Lipinski definition) is 6. The number of fused-ring (bicyclic) bond motifs is 1. The number of Topliss-reactive ketones (excluding diaryl/α,β-unsaturated/α-hetero) is 1. The lowest BCUT2D eigenvalue weighted by Gasteiger charge is -2.39. The highest BCUT2D eigenvalue weighted by Crippen LogP contribution is 2.50. The van der Waals surface area contributed by atoms with Crippen molar-refractivity contribution in [2.75, 3.05) is 32.1 Å². The first-order chi connectivity index (χ1) is 29.0. The molecule has 0 unspecified atom stereocenters. The molecule has 4 aliphatic rings. The van der Waals surface area contributed by atoms with Gasteiger partial charge in [-0.25, -0.2) is 0 Å². The van der Waals surface area contributed by atoms with E-state index in [4.69, 9.17) is 28.9 Å². The van der Waals surface area contributed by atoms with Crippen LogP contribution in [-0.4, -0.2) is 116 Å². The summed E-state index contributed by atoms with van der Waals surface area (Å²) in [5, 5.41) is 61.4.